The summed E-state index contributed by atoms with van der Waals surface area (Å²) in [5, 5.41) is 20.6. The van der Waals surface area contributed by atoms with Crippen molar-refractivity contribution in [3.8, 4) is 5.75 Å². The molecule has 0 spiro atoms. The highest BCUT2D eigenvalue weighted by molar-refractivity contribution is 5.40. The molecule has 110 valence electrons. The minimum Gasteiger partial charge on any atom is -0.493 e. The molecule has 0 saturated heterocycles. The first-order valence-electron chi connectivity index (χ1n) is 6.71. The lowest BCUT2D eigenvalue weighted by molar-refractivity contribution is -0.385. The Morgan fingerprint density at radius 3 is 2.57 bits per heavy atom. The average molecular weight is 287 g/mol. The van der Waals surface area contributed by atoms with Crippen molar-refractivity contribution in [2.45, 2.75) is 19.4 Å². The van der Waals surface area contributed by atoms with Crippen LogP contribution in [0.15, 0.2) is 48.5 Å². The number of aliphatic hydroxyl groups is 1. The van der Waals surface area contributed by atoms with Gasteiger partial charge < -0.3 is 9.84 Å². The molecule has 2 aromatic carbocycles. The van der Waals surface area contributed by atoms with E-state index < -0.39 is 6.10 Å². The predicted molar refractivity (Wildman–Crippen MR) is 79.4 cm³/mol. The Hall–Kier alpha value is -2.40. The Morgan fingerprint density at radius 2 is 1.86 bits per heavy atom. The summed E-state index contributed by atoms with van der Waals surface area (Å²) in [5.74, 6) is 0.603. The summed E-state index contributed by atoms with van der Waals surface area (Å²) in [7, 11) is 0. The molecular weight excluding hydrogens is 270 g/mol. The first kappa shape index (κ1) is 15.0. The Balaban J connectivity index is 2.04. The van der Waals surface area contributed by atoms with Gasteiger partial charge in [0, 0.05) is 23.6 Å². The number of nitrogens with zero attached hydrogens (tertiary/aromatic N) is 1. The summed E-state index contributed by atoms with van der Waals surface area (Å²) >= 11 is 0. The van der Waals surface area contributed by atoms with Gasteiger partial charge in [0.2, 0.25) is 0 Å². The monoisotopic (exact) mass is 287 g/mol. The Bertz CT molecular complexity index is 625. The molecule has 0 saturated carbocycles. The zero-order valence-electron chi connectivity index (χ0n) is 11.7. The fourth-order valence-corrected chi connectivity index (χ4v) is 2.13. The van der Waals surface area contributed by atoms with Crippen molar-refractivity contribution >= 4 is 5.69 Å². The Kier molecular flexibility index (Phi) is 4.90. The van der Waals surface area contributed by atoms with Crippen LogP contribution in [0.3, 0.4) is 0 Å². The summed E-state index contributed by atoms with van der Waals surface area (Å²) < 4.78 is 5.65. The van der Waals surface area contributed by atoms with Crippen LogP contribution < -0.4 is 4.74 Å². The van der Waals surface area contributed by atoms with Crippen LogP contribution in [-0.2, 0) is 6.42 Å². The zero-order chi connectivity index (χ0) is 15.2. The predicted octanol–water partition coefficient (Wildman–Crippen LogP) is 3.27. The molecule has 5 heteroatoms. The van der Waals surface area contributed by atoms with Crippen molar-refractivity contribution in [2.24, 2.45) is 0 Å². The lowest BCUT2D eigenvalue weighted by Gasteiger charge is -2.13. The minimum absolute atomic E-state index is 0.102. The van der Waals surface area contributed by atoms with Gasteiger partial charge in [-0.1, -0.05) is 36.4 Å². The molecule has 2 aromatic rings. The van der Waals surface area contributed by atoms with Gasteiger partial charge in [0.05, 0.1) is 17.6 Å². The van der Waals surface area contributed by atoms with E-state index in [1.807, 2.05) is 12.1 Å². The standard InChI is InChI=1S/C16H17NO4/c1-12(18)14-7-3-5-9-16(14)21-11-10-13-6-2-4-8-15(13)17(19)20/h2-9,12,18H,10-11H2,1H3. The maximum Gasteiger partial charge on any atom is 0.272 e. The van der Waals surface area contributed by atoms with Crippen molar-refractivity contribution in [1.82, 2.24) is 0 Å². The van der Waals surface area contributed by atoms with E-state index in [1.54, 1.807) is 37.3 Å². The summed E-state index contributed by atoms with van der Waals surface area (Å²) in [6.45, 7) is 1.98. The van der Waals surface area contributed by atoms with E-state index in [9.17, 15) is 15.2 Å². The SMILES string of the molecule is CC(O)c1ccccc1OCCc1ccccc1[N+](=O)[O-]. The van der Waals surface area contributed by atoms with Crippen LogP contribution in [0, 0.1) is 10.1 Å². The van der Waals surface area contributed by atoms with Gasteiger partial charge >= 0.3 is 0 Å². The quantitative estimate of drug-likeness (QED) is 0.653. The molecule has 0 heterocycles. The molecular formula is C16H17NO4. The molecule has 0 aliphatic rings. The van der Waals surface area contributed by atoms with E-state index >= 15 is 0 Å². The lowest BCUT2D eigenvalue weighted by atomic mass is 10.1. The first-order valence-corrected chi connectivity index (χ1v) is 6.71. The fourth-order valence-electron chi connectivity index (χ4n) is 2.13. The van der Waals surface area contributed by atoms with Gasteiger partial charge in [-0.05, 0) is 13.0 Å². The summed E-state index contributed by atoms with van der Waals surface area (Å²) in [6, 6.07) is 13.9. The molecule has 1 N–H and O–H groups in total. The number of rotatable bonds is 6. The third kappa shape index (κ3) is 3.79. The highest BCUT2D eigenvalue weighted by atomic mass is 16.6. The molecule has 0 fully saturated rings. The highest BCUT2D eigenvalue weighted by Crippen LogP contribution is 2.25. The summed E-state index contributed by atoms with van der Waals surface area (Å²) in [6.07, 6.45) is -0.182. The maximum atomic E-state index is 10.9. The number of para-hydroxylation sites is 2. The normalized spacial score (nSPS) is 11.9. The third-order valence-corrected chi connectivity index (χ3v) is 3.19. The molecule has 2 rings (SSSR count). The number of hydrogen-bond donors (Lipinski definition) is 1. The number of hydrogen-bond acceptors (Lipinski definition) is 4. The lowest BCUT2D eigenvalue weighted by Crippen LogP contribution is -2.06. The molecule has 0 bridgehead atoms. The molecule has 1 unspecified atom stereocenters. The van der Waals surface area contributed by atoms with Crippen molar-refractivity contribution in [3.63, 3.8) is 0 Å². The van der Waals surface area contributed by atoms with E-state index in [2.05, 4.69) is 0 Å². The van der Waals surface area contributed by atoms with Crippen LogP contribution in [0.25, 0.3) is 0 Å². The number of aliphatic hydroxyl groups excluding tert-OH is 1. The number of nitro groups is 1. The summed E-state index contributed by atoms with van der Waals surface area (Å²) in [4.78, 5) is 10.5. The summed E-state index contributed by atoms with van der Waals surface area (Å²) in [5.41, 5.74) is 1.45. The number of benzene rings is 2. The van der Waals surface area contributed by atoms with Gasteiger partial charge in [0.1, 0.15) is 5.75 Å². The van der Waals surface area contributed by atoms with Gasteiger partial charge in [-0.25, -0.2) is 0 Å². The molecule has 21 heavy (non-hydrogen) atoms. The molecule has 5 nitrogen and oxygen atoms in total. The van der Waals surface area contributed by atoms with Crippen molar-refractivity contribution in [2.75, 3.05) is 6.61 Å². The zero-order valence-corrected chi connectivity index (χ0v) is 11.7. The van der Waals surface area contributed by atoms with Crippen LogP contribution in [0.5, 0.6) is 5.75 Å². The van der Waals surface area contributed by atoms with Crippen LogP contribution in [0.2, 0.25) is 0 Å². The van der Waals surface area contributed by atoms with Gasteiger partial charge in [0.15, 0.2) is 0 Å². The Labute approximate surface area is 123 Å². The van der Waals surface area contributed by atoms with Crippen molar-refractivity contribution in [1.29, 1.82) is 0 Å². The van der Waals surface area contributed by atoms with E-state index in [4.69, 9.17) is 4.74 Å². The van der Waals surface area contributed by atoms with Crippen LogP contribution >= 0.6 is 0 Å². The molecule has 1 atom stereocenters. The van der Waals surface area contributed by atoms with E-state index in [0.717, 1.165) is 0 Å². The second kappa shape index (κ2) is 6.85. The van der Waals surface area contributed by atoms with Gasteiger partial charge in [-0.15, -0.1) is 0 Å². The molecule has 0 aromatic heterocycles. The fraction of sp³-hybridized carbons (Fsp3) is 0.250. The average Bonchev–Trinajstić information content (AvgIpc) is 2.48. The number of nitro benzene ring substituents is 1. The van der Waals surface area contributed by atoms with Crippen LogP contribution in [0.4, 0.5) is 5.69 Å². The van der Waals surface area contributed by atoms with E-state index in [-0.39, 0.29) is 10.6 Å². The second-order valence-electron chi connectivity index (χ2n) is 4.70. The van der Waals surface area contributed by atoms with Crippen molar-refractivity contribution < 1.29 is 14.8 Å². The Morgan fingerprint density at radius 1 is 1.19 bits per heavy atom. The van der Waals surface area contributed by atoms with Gasteiger partial charge in [-0.3, -0.25) is 10.1 Å². The smallest absolute Gasteiger partial charge is 0.272 e. The number of ether oxygens (including phenoxy) is 1. The highest BCUT2D eigenvalue weighted by Gasteiger charge is 2.13. The molecule has 0 amide bonds. The van der Waals surface area contributed by atoms with Gasteiger partial charge in [-0.2, -0.15) is 0 Å². The molecule has 0 radical (unpaired) electrons. The van der Waals surface area contributed by atoms with Crippen LogP contribution in [0.1, 0.15) is 24.2 Å². The second-order valence-corrected chi connectivity index (χ2v) is 4.70. The third-order valence-electron chi connectivity index (χ3n) is 3.19. The van der Waals surface area contributed by atoms with E-state index in [0.29, 0.717) is 29.9 Å². The molecule has 0 aliphatic heterocycles. The minimum atomic E-state index is -0.618. The topological polar surface area (TPSA) is 72.6 Å². The van der Waals surface area contributed by atoms with Crippen molar-refractivity contribution in [3.05, 3.63) is 69.8 Å². The van der Waals surface area contributed by atoms with E-state index in [1.165, 1.54) is 6.07 Å². The van der Waals surface area contributed by atoms with Crippen LogP contribution in [-0.4, -0.2) is 16.6 Å². The first-order chi connectivity index (χ1) is 10.1. The maximum absolute atomic E-state index is 10.9. The molecule has 0 aliphatic carbocycles. The van der Waals surface area contributed by atoms with Gasteiger partial charge in [0.25, 0.3) is 5.69 Å². The largest absolute Gasteiger partial charge is 0.493 e.